The summed E-state index contributed by atoms with van der Waals surface area (Å²) in [6, 6.07) is 7.10. The van der Waals surface area contributed by atoms with Crippen molar-refractivity contribution in [1.82, 2.24) is 0 Å². The van der Waals surface area contributed by atoms with Crippen LogP contribution in [0.4, 0.5) is 5.69 Å². The number of nitrogens with two attached hydrogens (primary N) is 2. The summed E-state index contributed by atoms with van der Waals surface area (Å²) < 4.78 is 5.34. The molecule has 5 N–H and O–H groups in total. The molecule has 21 heavy (non-hydrogen) atoms. The molecule has 0 radical (unpaired) electrons. The number of carbonyl (C=O) groups excluding carboxylic acids is 2. The van der Waals surface area contributed by atoms with Gasteiger partial charge < -0.3 is 21.5 Å². The monoisotopic (exact) mass is 293 g/mol. The predicted octanol–water partition coefficient (Wildman–Crippen LogP) is 1.40. The maximum absolute atomic E-state index is 11.7. The highest BCUT2D eigenvalue weighted by Gasteiger charge is 2.04. The number of rotatable bonds is 9. The molecule has 0 fully saturated rings. The largest absolute Gasteiger partial charge is 0.493 e. The molecule has 0 spiro atoms. The Labute approximate surface area is 124 Å². The van der Waals surface area contributed by atoms with E-state index in [1.807, 2.05) is 6.92 Å². The summed E-state index contributed by atoms with van der Waals surface area (Å²) in [5.74, 6) is 0.204. The van der Waals surface area contributed by atoms with Crippen LogP contribution in [0.3, 0.4) is 0 Å². The molecule has 6 heteroatoms. The van der Waals surface area contributed by atoms with Crippen LogP contribution in [0, 0.1) is 0 Å². The first-order valence-corrected chi connectivity index (χ1v) is 7.04. The minimum Gasteiger partial charge on any atom is -0.493 e. The van der Waals surface area contributed by atoms with Gasteiger partial charge in [-0.15, -0.1) is 0 Å². The maximum atomic E-state index is 11.7. The second-order valence-corrected chi connectivity index (χ2v) is 5.01. The highest BCUT2D eigenvalue weighted by Crippen LogP contribution is 2.16. The summed E-state index contributed by atoms with van der Waals surface area (Å²) in [6.45, 7) is 2.17. The van der Waals surface area contributed by atoms with Crippen LogP contribution in [0.2, 0.25) is 0 Å². The molecule has 1 rings (SSSR count). The van der Waals surface area contributed by atoms with Crippen LogP contribution in [0.25, 0.3) is 0 Å². The average molecular weight is 293 g/mol. The van der Waals surface area contributed by atoms with Crippen LogP contribution in [0.5, 0.6) is 5.75 Å². The first kappa shape index (κ1) is 17.0. The minimum absolute atomic E-state index is 0.0296. The van der Waals surface area contributed by atoms with E-state index in [1.165, 1.54) is 0 Å². The van der Waals surface area contributed by atoms with Gasteiger partial charge in [-0.1, -0.05) is 0 Å². The molecule has 0 aliphatic carbocycles. The summed E-state index contributed by atoms with van der Waals surface area (Å²) >= 11 is 0. The van der Waals surface area contributed by atoms with Crippen molar-refractivity contribution in [1.29, 1.82) is 0 Å². The molecule has 6 nitrogen and oxygen atoms in total. The van der Waals surface area contributed by atoms with Crippen molar-refractivity contribution >= 4 is 17.5 Å². The van der Waals surface area contributed by atoms with Crippen LogP contribution in [0.1, 0.15) is 32.6 Å². The molecule has 0 aliphatic rings. The van der Waals surface area contributed by atoms with Crippen LogP contribution >= 0.6 is 0 Å². The number of nitrogens with one attached hydrogen (secondary N) is 1. The normalized spacial score (nSPS) is 11.7. The van der Waals surface area contributed by atoms with Crippen LogP contribution in [0.15, 0.2) is 24.3 Å². The number of amides is 2. The van der Waals surface area contributed by atoms with Gasteiger partial charge in [-0.2, -0.15) is 0 Å². The van der Waals surface area contributed by atoms with E-state index in [0.29, 0.717) is 17.9 Å². The Hall–Kier alpha value is -2.08. The van der Waals surface area contributed by atoms with Gasteiger partial charge in [0.1, 0.15) is 5.75 Å². The summed E-state index contributed by atoms with van der Waals surface area (Å²) in [7, 11) is 0. The average Bonchev–Trinajstić information content (AvgIpc) is 2.40. The fraction of sp³-hybridized carbons (Fsp3) is 0.467. The summed E-state index contributed by atoms with van der Waals surface area (Å²) in [5, 5.41) is 2.81. The molecule has 0 aromatic heterocycles. The second-order valence-electron chi connectivity index (χ2n) is 5.01. The molecule has 0 bridgehead atoms. The lowest BCUT2D eigenvalue weighted by Crippen LogP contribution is -2.16. The molecule has 0 saturated carbocycles. The first-order valence-electron chi connectivity index (χ1n) is 7.04. The summed E-state index contributed by atoms with van der Waals surface area (Å²) in [4.78, 5) is 22.3. The number of hydrogen-bond donors (Lipinski definition) is 3. The molecule has 1 atom stereocenters. The number of anilines is 1. The van der Waals surface area contributed by atoms with Crippen LogP contribution in [-0.4, -0.2) is 24.5 Å². The highest BCUT2D eigenvalue weighted by molar-refractivity contribution is 5.90. The predicted molar refractivity (Wildman–Crippen MR) is 81.9 cm³/mol. The molecule has 116 valence electrons. The minimum atomic E-state index is -0.398. The Morgan fingerprint density at radius 1 is 1.24 bits per heavy atom. The zero-order chi connectivity index (χ0) is 15.7. The molecule has 0 saturated heterocycles. The van der Waals surface area contributed by atoms with Gasteiger partial charge in [-0.3, -0.25) is 9.59 Å². The lowest BCUT2D eigenvalue weighted by Gasteiger charge is -2.08. The summed E-state index contributed by atoms with van der Waals surface area (Å²) in [5.41, 5.74) is 11.4. The number of primary amides is 1. The van der Waals surface area contributed by atoms with Crippen molar-refractivity contribution in [3.05, 3.63) is 24.3 Å². The lowest BCUT2D eigenvalue weighted by molar-refractivity contribution is -0.118. The van der Waals surface area contributed by atoms with Crippen molar-refractivity contribution in [3.63, 3.8) is 0 Å². The van der Waals surface area contributed by atoms with Gasteiger partial charge in [-0.25, -0.2) is 0 Å². The number of benzene rings is 1. The highest BCUT2D eigenvalue weighted by atomic mass is 16.5. The van der Waals surface area contributed by atoms with Crippen LogP contribution < -0.4 is 21.5 Å². The first-order chi connectivity index (χ1) is 9.97. The standard InChI is InChI=1S/C15H23N3O3/c1-11(16)3-2-4-15(20)18-12-5-7-13(8-6-12)21-10-9-14(17)19/h5-8,11H,2-4,9-10,16H2,1H3,(H2,17,19)(H,18,20). The van der Waals surface area contributed by atoms with Crippen molar-refractivity contribution in [2.45, 2.75) is 38.6 Å². The fourth-order valence-electron chi connectivity index (χ4n) is 1.71. The Balaban J connectivity index is 2.33. The van der Waals surface area contributed by atoms with Gasteiger partial charge in [0.05, 0.1) is 13.0 Å². The van der Waals surface area contributed by atoms with Gasteiger partial charge in [0, 0.05) is 18.2 Å². The number of carbonyl (C=O) groups is 2. The molecule has 0 aliphatic heterocycles. The van der Waals surface area contributed by atoms with Crippen molar-refractivity contribution in [2.75, 3.05) is 11.9 Å². The smallest absolute Gasteiger partial charge is 0.224 e. The SMILES string of the molecule is CC(N)CCCC(=O)Nc1ccc(OCCC(N)=O)cc1. The van der Waals surface area contributed by atoms with E-state index in [4.69, 9.17) is 16.2 Å². The molecule has 0 heterocycles. The Kier molecular flexibility index (Phi) is 7.25. The zero-order valence-electron chi connectivity index (χ0n) is 12.3. The maximum Gasteiger partial charge on any atom is 0.224 e. The van der Waals surface area contributed by atoms with E-state index < -0.39 is 5.91 Å². The van der Waals surface area contributed by atoms with Crippen molar-refractivity contribution in [3.8, 4) is 5.75 Å². The van der Waals surface area contributed by atoms with E-state index in [1.54, 1.807) is 24.3 Å². The number of ether oxygens (including phenoxy) is 1. The van der Waals surface area contributed by atoms with Gasteiger partial charge in [0.25, 0.3) is 0 Å². The van der Waals surface area contributed by atoms with E-state index in [9.17, 15) is 9.59 Å². The Morgan fingerprint density at radius 2 is 1.90 bits per heavy atom. The second kappa shape index (κ2) is 8.97. The zero-order valence-corrected chi connectivity index (χ0v) is 12.3. The third-order valence-electron chi connectivity index (χ3n) is 2.82. The van der Waals surface area contributed by atoms with Crippen LogP contribution in [-0.2, 0) is 9.59 Å². The molecule has 1 aromatic rings. The quantitative estimate of drug-likeness (QED) is 0.639. The van der Waals surface area contributed by atoms with E-state index in [2.05, 4.69) is 5.32 Å². The third kappa shape index (κ3) is 7.94. The summed E-state index contributed by atoms with van der Waals surface area (Å²) in [6.07, 6.45) is 2.24. The van der Waals surface area contributed by atoms with Crippen molar-refractivity contribution in [2.24, 2.45) is 11.5 Å². The number of hydrogen-bond acceptors (Lipinski definition) is 4. The van der Waals surface area contributed by atoms with Gasteiger partial charge >= 0.3 is 0 Å². The topological polar surface area (TPSA) is 107 Å². The van der Waals surface area contributed by atoms with Gasteiger partial charge in [-0.05, 0) is 44.0 Å². The van der Waals surface area contributed by atoms with Crippen molar-refractivity contribution < 1.29 is 14.3 Å². The Morgan fingerprint density at radius 3 is 2.48 bits per heavy atom. The molecule has 1 aromatic carbocycles. The Bertz CT molecular complexity index is 458. The molecule has 1 unspecified atom stereocenters. The third-order valence-corrected chi connectivity index (χ3v) is 2.82. The molecule has 2 amide bonds. The molecular formula is C15H23N3O3. The lowest BCUT2D eigenvalue weighted by atomic mass is 10.1. The van der Waals surface area contributed by atoms with Gasteiger partial charge in [0.15, 0.2) is 0 Å². The van der Waals surface area contributed by atoms with E-state index in [-0.39, 0.29) is 25.0 Å². The van der Waals surface area contributed by atoms with E-state index >= 15 is 0 Å². The van der Waals surface area contributed by atoms with E-state index in [0.717, 1.165) is 12.8 Å². The van der Waals surface area contributed by atoms with Gasteiger partial charge in [0.2, 0.25) is 11.8 Å². The fourth-order valence-corrected chi connectivity index (χ4v) is 1.71. The molecular weight excluding hydrogens is 270 g/mol.